The minimum Gasteiger partial charge on any atom is -0.478 e. The monoisotopic (exact) mass is 452 g/mol. The highest BCUT2D eigenvalue weighted by molar-refractivity contribution is 7.80. The van der Waals surface area contributed by atoms with Gasteiger partial charge in [-0.15, -0.1) is 0 Å². The molecule has 7 nitrogen and oxygen atoms in total. The lowest BCUT2D eigenvalue weighted by molar-refractivity contribution is -0.122. The maximum absolute atomic E-state index is 13.0. The molecule has 1 fully saturated rings. The predicted octanol–water partition coefficient (Wildman–Crippen LogP) is 4.13. The van der Waals surface area contributed by atoms with E-state index in [1.54, 1.807) is 48.5 Å². The van der Waals surface area contributed by atoms with Gasteiger partial charge in [0.1, 0.15) is 17.1 Å². The van der Waals surface area contributed by atoms with E-state index in [0.29, 0.717) is 16.3 Å². The Morgan fingerprint density at radius 1 is 1.10 bits per heavy atom. The van der Waals surface area contributed by atoms with Crippen molar-refractivity contribution < 1.29 is 23.9 Å². The van der Waals surface area contributed by atoms with E-state index in [2.05, 4.69) is 5.32 Å². The molecule has 3 aromatic rings. The van der Waals surface area contributed by atoms with Crippen LogP contribution in [-0.4, -0.2) is 28.0 Å². The van der Waals surface area contributed by atoms with E-state index in [-0.39, 0.29) is 27.8 Å². The Morgan fingerprint density at radius 2 is 1.87 bits per heavy atom. The van der Waals surface area contributed by atoms with Crippen LogP contribution < -0.4 is 10.2 Å². The first-order chi connectivity index (χ1) is 14.8. The first-order valence-corrected chi connectivity index (χ1v) is 9.73. The molecule has 2 amide bonds. The summed E-state index contributed by atoms with van der Waals surface area (Å²) in [7, 11) is 0. The number of carbonyl (C=O) groups is 3. The molecule has 0 aliphatic carbocycles. The average molecular weight is 453 g/mol. The quantitative estimate of drug-likeness (QED) is 0.351. The standard InChI is InChI=1S/C22H13ClN2O5S/c23-12-4-3-5-13(10-12)25-20(27)17(19(26)24-22(25)31)11-14-8-9-18(30-14)15-6-1-2-7-16(15)21(28)29/h1-11H,(H,28,29)(H,24,26,31)/b17-11+. The van der Waals surface area contributed by atoms with E-state index >= 15 is 0 Å². The number of nitrogens with zero attached hydrogens (tertiary/aromatic N) is 1. The highest BCUT2D eigenvalue weighted by Gasteiger charge is 2.34. The Bertz CT molecular complexity index is 1280. The molecule has 1 saturated heterocycles. The number of carbonyl (C=O) groups excluding carboxylic acids is 2. The van der Waals surface area contributed by atoms with E-state index in [4.69, 9.17) is 28.2 Å². The van der Waals surface area contributed by atoms with Gasteiger partial charge >= 0.3 is 5.97 Å². The molecule has 0 saturated carbocycles. The van der Waals surface area contributed by atoms with E-state index in [0.717, 1.165) is 4.90 Å². The van der Waals surface area contributed by atoms with Crippen LogP contribution in [0.25, 0.3) is 17.4 Å². The summed E-state index contributed by atoms with van der Waals surface area (Å²) in [6.45, 7) is 0. The number of furan rings is 1. The third-order valence-electron chi connectivity index (χ3n) is 4.50. The van der Waals surface area contributed by atoms with E-state index < -0.39 is 17.8 Å². The van der Waals surface area contributed by atoms with Crippen molar-refractivity contribution in [3.63, 3.8) is 0 Å². The number of rotatable bonds is 4. The van der Waals surface area contributed by atoms with Crippen LogP contribution in [0.3, 0.4) is 0 Å². The lowest BCUT2D eigenvalue weighted by atomic mass is 10.1. The molecule has 31 heavy (non-hydrogen) atoms. The molecule has 2 heterocycles. The second kappa shape index (κ2) is 8.17. The van der Waals surface area contributed by atoms with Gasteiger partial charge < -0.3 is 9.52 Å². The van der Waals surface area contributed by atoms with E-state index in [1.165, 1.54) is 18.2 Å². The summed E-state index contributed by atoms with van der Waals surface area (Å²) >= 11 is 11.2. The van der Waals surface area contributed by atoms with Gasteiger partial charge in [-0.25, -0.2) is 4.79 Å². The molecule has 0 bridgehead atoms. The summed E-state index contributed by atoms with van der Waals surface area (Å²) in [4.78, 5) is 38.1. The Labute approximate surface area is 186 Å². The van der Waals surface area contributed by atoms with Crippen LogP contribution in [0.15, 0.2) is 70.7 Å². The first kappa shape index (κ1) is 20.5. The van der Waals surface area contributed by atoms with Crippen molar-refractivity contribution in [3.05, 3.63) is 82.6 Å². The molecule has 4 rings (SSSR count). The largest absolute Gasteiger partial charge is 0.478 e. The van der Waals surface area contributed by atoms with Gasteiger partial charge in [0.05, 0.1) is 11.3 Å². The molecular weight excluding hydrogens is 440 g/mol. The second-order valence-corrected chi connectivity index (χ2v) is 7.31. The Balaban J connectivity index is 1.70. The molecule has 0 radical (unpaired) electrons. The fraction of sp³-hybridized carbons (Fsp3) is 0. The number of carboxylic acids is 1. The minimum absolute atomic E-state index is 0.0649. The zero-order chi connectivity index (χ0) is 22.1. The van der Waals surface area contributed by atoms with Crippen LogP contribution in [0.2, 0.25) is 5.02 Å². The molecule has 154 valence electrons. The van der Waals surface area contributed by atoms with Crippen LogP contribution in [0.5, 0.6) is 0 Å². The maximum Gasteiger partial charge on any atom is 0.336 e. The normalized spacial score (nSPS) is 15.3. The smallest absolute Gasteiger partial charge is 0.336 e. The van der Waals surface area contributed by atoms with Crippen molar-refractivity contribution in [1.29, 1.82) is 0 Å². The van der Waals surface area contributed by atoms with Gasteiger partial charge in [0.2, 0.25) is 0 Å². The molecule has 0 unspecified atom stereocenters. The molecule has 1 aliphatic rings. The van der Waals surface area contributed by atoms with Gasteiger partial charge in [-0.3, -0.25) is 19.8 Å². The second-order valence-electron chi connectivity index (χ2n) is 6.49. The van der Waals surface area contributed by atoms with Gasteiger partial charge in [0.25, 0.3) is 11.8 Å². The van der Waals surface area contributed by atoms with Crippen molar-refractivity contribution in [2.75, 3.05) is 4.90 Å². The highest BCUT2D eigenvalue weighted by atomic mass is 35.5. The zero-order valence-electron chi connectivity index (χ0n) is 15.7. The van der Waals surface area contributed by atoms with Crippen molar-refractivity contribution in [1.82, 2.24) is 5.32 Å². The van der Waals surface area contributed by atoms with E-state index in [9.17, 15) is 19.5 Å². The van der Waals surface area contributed by atoms with Gasteiger partial charge in [-0.1, -0.05) is 35.9 Å². The molecule has 1 aromatic heterocycles. The number of halogens is 1. The number of amides is 2. The topological polar surface area (TPSA) is 99.9 Å². The molecule has 9 heteroatoms. The molecular formula is C22H13ClN2O5S. The summed E-state index contributed by atoms with van der Waals surface area (Å²) in [5, 5.41) is 12.2. The highest BCUT2D eigenvalue weighted by Crippen LogP contribution is 2.28. The molecule has 0 spiro atoms. The number of benzene rings is 2. The summed E-state index contributed by atoms with van der Waals surface area (Å²) < 4.78 is 5.70. The zero-order valence-corrected chi connectivity index (χ0v) is 17.2. The van der Waals surface area contributed by atoms with Crippen molar-refractivity contribution in [2.45, 2.75) is 0 Å². The summed E-state index contributed by atoms with van der Waals surface area (Å²) in [6, 6.07) is 16.0. The van der Waals surface area contributed by atoms with E-state index in [1.807, 2.05) is 0 Å². The summed E-state index contributed by atoms with van der Waals surface area (Å²) in [6.07, 6.45) is 1.28. The van der Waals surface area contributed by atoms with Crippen LogP contribution in [0, 0.1) is 0 Å². The SMILES string of the molecule is O=C1NC(=S)N(c2cccc(Cl)c2)C(=O)/C1=C/c1ccc(-c2ccccc2C(=O)O)o1. The number of carboxylic acid groups (broad SMARTS) is 1. The Morgan fingerprint density at radius 3 is 2.61 bits per heavy atom. The first-order valence-electron chi connectivity index (χ1n) is 8.94. The number of thiocarbonyl (C=S) groups is 1. The van der Waals surface area contributed by atoms with Crippen LogP contribution in [-0.2, 0) is 9.59 Å². The minimum atomic E-state index is -1.10. The third-order valence-corrected chi connectivity index (χ3v) is 5.02. The van der Waals surface area contributed by atoms with Crippen LogP contribution in [0.1, 0.15) is 16.1 Å². The number of aromatic carboxylic acids is 1. The van der Waals surface area contributed by atoms with Gasteiger partial charge in [0.15, 0.2) is 5.11 Å². The molecule has 2 N–H and O–H groups in total. The van der Waals surface area contributed by atoms with Gasteiger partial charge in [-0.05, 0) is 54.7 Å². The fourth-order valence-corrected chi connectivity index (χ4v) is 3.57. The van der Waals surface area contributed by atoms with Crippen molar-refractivity contribution >= 4 is 58.5 Å². The molecule has 0 atom stereocenters. The number of hydrogen-bond acceptors (Lipinski definition) is 5. The molecule has 1 aliphatic heterocycles. The number of nitrogens with one attached hydrogen (secondary N) is 1. The summed E-state index contributed by atoms with van der Waals surface area (Å²) in [5.74, 6) is -1.92. The van der Waals surface area contributed by atoms with Gasteiger partial charge in [0, 0.05) is 10.6 Å². The molecule has 2 aromatic carbocycles. The Kier molecular flexibility index (Phi) is 5.41. The Hall–Kier alpha value is -3.75. The maximum atomic E-state index is 13.0. The number of hydrogen-bond donors (Lipinski definition) is 2. The number of anilines is 1. The fourth-order valence-electron chi connectivity index (χ4n) is 3.11. The third kappa shape index (κ3) is 3.98. The predicted molar refractivity (Wildman–Crippen MR) is 119 cm³/mol. The summed E-state index contributed by atoms with van der Waals surface area (Å²) in [5.41, 5.74) is 0.658. The lowest BCUT2D eigenvalue weighted by Crippen LogP contribution is -2.54. The van der Waals surface area contributed by atoms with Gasteiger partial charge in [-0.2, -0.15) is 0 Å². The van der Waals surface area contributed by atoms with Crippen molar-refractivity contribution in [3.8, 4) is 11.3 Å². The average Bonchev–Trinajstić information content (AvgIpc) is 3.19. The van der Waals surface area contributed by atoms with Crippen LogP contribution in [0.4, 0.5) is 5.69 Å². The van der Waals surface area contributed by atoms with Crippen LogP contribution >= 0.6 is 23.8 Å². The lowest BCUT2D eigenvalue weighted by Gasteiger charge is -2.28. The van der Waals surface area contributed by atoms with Crippen molar-refractivity contribution in [2.24, 2.45) is 0 Å².